The number of halogens is 1. The van der Waals surface area contributed by atoms with Crippen LogP contribution in [-0.4, -0.2) is 28.1 Å². The van der Waals surface area contributed by atoms with Gasteiger partial charge in [-0.15, -0.1) is 11.3 Å². The third-order valence-electron chi connectivity index (χ3n) is 4.34. The number of thiazole rings is 1. The van der Waals surface area contributed by atoms with Crippen LogP contribution in [0.3, 0.4) is 0 Å². The van der Waals surface area contributed by atoms with E-state index >= 15 is 0 Å². The molecule has 5 heteroatoms. The third kappa shape index (κ3) is 3.72. The normalized spacial score (nSPS) is 18.5. The fraction of sp³-hybridized carbons (Fsp3) is 0.471. The van der Waals surface area contributed by atoms with Gasteiger partial charge in [-0.2, -0.15) is 0 Å². The van der Waals surface area contributed by atoms with Gasteiger partial charge in [-0.1, -0.05) is 12.1 Å². The Labute approximate surface area is 134 Å². The van der Waals surface area contributed by atoms with Gasteiger partial charge in [0.1, 0.15) is 5.82 Å². The first-order chi connectivity index (χ1) is 10.6. The van der Waals surface area contributed by atoms with E-state index in [1.54, 1.807) is 23.5 Å². The summed E-state index contributed by atoms with van der Waals surface area (Å²) in [6.45, 7) is 4.95. The van der Waals surface area contributed by atoms with Gasteiger partial charge in [0.2, 0.25) is 0 Å². The number of likely N-dealkylation sites (tertiary alicyclic amines) is 1. The molecule has 0 saturated carbocycles. The molecule has 1 aromatic heterocycles. The molecule has 1 unspecified atom stereocenters. The smallest absolute Gasteiger partial charge is 0.123 e. The molecule has 3 rings (SSSR count). The summed E-state index contributed by atoms with van der Waals surface area (Å²) in [7, 11) is 0. The quantitative estimate of drug-likeness (QED) is 0.936. The van der Waals surface area contributed by atoms with Crippen LogP contribution in [0, 0.1) is 18.7 Å². The van der Waals surface area contributed by atoms with E-state index in [0.717, 1.165) is 43.0 Å². The molecule has 1 aromatic carbocycles. The molecule has 2 heterocycles. The van der Waals surface area contributed by atoms with Gasteiger partial charge in [0.05, 0.1) is 11.1 Å². The summed E-state index contributed by atoms with van der Waals surface area (Å²) >= 11 is 1.75. The number of rotatable bonds is 4. The number of aryl methyl sites for hydroxylation is 1. The molecule has 1 N–H and O–H groups in total. The van der Waals surface area contributed by atoms with Crippen molar-refractivity contribution in [2.45, 2.75) is 32.4 Å². The Hall–Kier alpha value is -1.30. The van der Waals surface area contributed by atoms with Crippen LogP contribution >= 0.6 is 11.3 Å². The Morgan fingerprint density at radius 3 is 2.59 bits per heavy atom. The van der Waals surface area contributed by atoms with Crippen molar-refractivity contribution in [1.82, 2.24) is 9.88 Å². The summed E-state index contributed by atoms with van der Waals surface area (Å²) in [5.74, 6) is -0.00414. The highest BCUT2D eigenvalue weighted by Crippen LogP contribution is 2.31. The summed E-state index contributed by atoms with van der Waals surface area (Å²) in [6.07, 6.45) is 3.40. The fourth-order valence-corrected chi connectivity index (χ4v) is 3.90. The van der Waals surface area contributed by atoms with E-state index in [-0.39, 0.29) is 11.7 Å². The van der Waals surface area contributed by atoms with Crippen LogP contribution < -0.4 is 0 Å². The van der Waals surface area contributed by atoms with Gasteiger partial charge in [-0.3, -0.25) is 4.90 Å². The average molecular weight is 320 g/mol. The Morgan fingerprint density at radius 1 is 1.32 bits per heavy atom. The predicted molar refractivity (Wildman–Crippen MR) is 86.2 cm³/mol. The summed E-state index contributed by atoms with van der Waals surface area (Å²) in [4.78, 5) is 8.01. The maximum absolute atomic E-state index is 13.0. The lowest BCUT2D eigenvalue weighted by Gasteiger charge is -2.34. The molecule has 1 fully saturated rings. The molecule has 0 radical (unpaired) electrons. The molecule has 0 bridgehead atoms. The van der Waals surface area contributed by atoms with Crippen molar-refractivity contribution in [3.8, 4) is 0 Å². The topological polar surface area (TPSA) is 36.4 Å². The maximum atomic E-state index is 13.0. The molecule has 1 aliphatic rings. The molecule has 0 aliphatic carbocycles. The summed E-state index contributed by atoms with van der Waals surface area (Å²) < 4.78 is 13.0. The number of hydrogen-bond donors (Lipinski definition) is 1. The van der Waals surface area contributed by atoms with Crippen molar-refractivity contribution < 1.29 is 9.50 Å². The molecule has 0 amide bonds. The second-order valence-electron chi connectivity index (χ2n) is 5.96. The van der Waals surface area contributed by atoms with Crippen molar-refractivity contribution >= 4 is 11.3 Å². The van der Waals surface area contributed by atoms with Gasteiger partial charge in [-0.05, 0) is 56.5 Å². The van der Waals surface area contributed by atoms with E-state index in [1.165, 1.54) is 17.0 Å². The summed E-state index contributed by atoms with van der Waals surface area (Å²) in [5, 5.41) is 11.6. The van der Waals surface area contributed by atoms with Gasteiger partial charge in [-0.25, -0.2) is 9.37 Å². The van der Waals surface area contributed by atoms with Crippen LogP contribution in [0.5, 0.6) is 0 Å². The second-order valence-corrected chi connectivity index (χ2v) is 7.27. The molecule has 1 saturated heterocycles. The van der Waals surface area contributed by atoms with Crippen LogP contribution in [0.4, 0.5) is 4.39 Å². The fourth-order valence-electron chi connectivity index (χ4n) is 3.06. The standard InChI is InChI=1S/C17H21FN2OS/c1-12-19-10-16(22-12)11-20-8-6-14(7-9-20)17(21)13-2-4-15(18)5-3-13/h2-5,10,14,17,21H,6-9,11H2,1H3. The highest BCUT2D eigenvalue weighted by Gasteiger charge is 2.26. The van der Waals surface area contributed by atoms with Crippen LogP contribution in [0.15, 0.2) is 30.5 Å². The monoisotopic (exact) mass is 320 g/mol. The van der Waals surface area contributed by atoms with Crippen LogP contribution in [0.2, 0.25) is 0 Å². The number of hydrogen-bond acceptors (Lipinski definition) is 4. The van der Waals surface area contributed by atoms with E-state index < -0.39 is 6.10 Å². The zero-order chi connectivity index (χ0) is 15.5. The number of aromatic nitrogens is 1. The Kier molecular flexibility index (Phi) is 4.86. The first-order valence-electron chi connectivity index (χ1n) is 7.69. The summed E-state index contributed by atoms with van der Waals surface area (Å²) in [6, 6.07) is 6.21. The lowest BCUT2D eigenvalue weighted by Crippen LogP contribution is -2.35. The first kappa shape index (κ1) is 15.6. The lowest BCUT2D eigenvalue weighted by molar-refractivity contribution is 0.0570. The third-order valence-corrected chi connectivity index (χ3v) is 5.24. The minimum Gasteiger partial charge on any atom is -0.388 e. The minimum atomic E-state index is -0.492. The number of aliphatic hydroxyl groups is 1. The Morgan fingerprint density at radius 2 is 2.00 bits per heavy atom. The van der Waals surface area contributed by atoms with E-state index in [1.807, 2.05) is 13.1 Å². The van der Waals surface area contributed by atoms with E-state index in [0.29, 0.717) is 0 Å². The zero-order valence-corrected chi connectivity index (χ0v) is 13.5. The molecular formula is C17H21FN2OS. The maximum Gasteiger partial charge on any atom is 0.123 e. The van der Waals surface area contributed by atoms with E-state index in [2.05, 4.69) is 9.88 Å². The number of nitrogens with zero attached hydrogens (tertiary/aromatic N) is 2. The zero-order valence-electron chi connectivity index (χ0n) is 12.7. The van der Waals surface area contributed by atoms with Gasteiger partial charge < -0.3 is 5.11 Å². The molecule has 1 atom stereocenters. The van der Waals surface area contributed by atoms with E-state index in [4.69, 9.17) is 0 Å². The lowest BCUT2D eigenvalue weighted by atomic mass is 9.87. The second kappa shape index (κ2) is 6.86. The highest BCUT2D eigenvalue weighted by atomic mass is 32.1. The van der Waals surface area contributed by atoms with Gasteiger partial charge >= 0.3 is 0 Å². The average Bonchev–Trinajstić information content (AvgIpc) is 2.93. The van der Waals surface area contributed by atoms with Gasteiger partial charge in [0, 0.05) is 17.6 Å². The first-order valence-corrected chi connectivity index (χ1v) is 8.50. The van der Waals surface area contributed by atoms with Crippen molar-refractivity contribution in [2.24, 2.45) is 5.92 Å². The van der Waals surface area contributed by atoms with Crippen molar-refractivity contribution in [2.75, 3.05) is 13.1 Å². The Balaban J connectivity index is 1.53. The molecular weight excluding hydrogens is 299 g/mol. The Bertz CT molecular complexity index is 605. The number of benzene rings is 1. The van der Waals surface area contributed by atoms with Crippen LogP contribution in [0.25, 0.3) is 0 Å². The molecule has 0 spiro atoms. The van der Waals surface area contributed by atoms with Crippen molar-refractivity contribution in [1.29, 1.82) is 0 Å². The van der Waals surface area contributed by atoms with E-state index in [9.17, 15) is 9.50 Å². The molecule has 22 heavy (non-hydrogen) atoms. The highest BCUT2D eigenvalue weighted by molar-refractivity contribution is 7.11. The largest absolute Gasteiger partial charge is 0.388 e. The predicted octanol–water partition coefficient (Wildman–Crippen LogP) is 3.54. The van der Waals surface area contributed by atoms with Gasteiger partial charge in [0.15, 0.2) is 0 Å². The minimum absolute atomic E-state index is 0.255. The molecule has 1 aliphatic heterocycles. The SMILES string of the molecule is Cc1ncc(CN2CCC(C(O)c3ccc(F)cc3)CC2)s1. The summed E-state index contributed by atoms with van der Waals surface area (Å²) in [5.41, 5.74) is 0.818. The molecule has 118 valence electrons. The molecule has 2 aromatic rings. The number of piperidine rings is 1. The molecule has 3 nitrogen and oxygen atoms in total. The number of aliphatic hydroxyl groups excluding tert-OH is 1. The van der Waals surface area contributed by atoms with Crippen molar-refractivity contribution in [3.05, 3.63) is 51.7 Å². The van der Waals surface area contributed by atoms with Crippen LogP contribution in [-0.2, 0) is 6.54 Å². The van der Waals surface area contributed by atoms with Crippen LogP contribution in [0.1, 0.15) is 34.4 Å². The van der Waals surface area contributed by atoms with Gasteiger partial charge in [0.25, 0.3) is 0 Å². The van der Waals surface area contributed by atoms with Crippen molar-refractivity contribution in [3.63, 3.8) is 0 Å².